The average Bonchev–Trinajstić information content (AvgIpc) is 2.45. The molecule has 1 aromatic heterocycles. The number of aliphatic hydroxyl groups is 1. The number of halogens is 2. The molecule has 0 bridgehead atoms. The molecule has 1 aromatic carbocycles. The number of aliphatic hydroxyl groups excluding tert-OH is 1. The van der Waals surface area contributed by atoms with E-state index in [1.54, 1.807) is 6.20 Å². The van der Waals surface area contributed by atoms with E-state index in [1.165, 1.54) is 6.07 Å². The molecule has 2 aromatic rings. The van der Waals surface area contributed by atoms with Crippen LogP contribution in [0.25, 0.3) is 0 Å². The first kappa shape index (κ1) is 14.6. The fraction of sp³-hybridized carbons (Fsp3) is 0.267. The van der Waals surface area contributed by atoms with Gasteiger partial charge in [-0.2, -0.15) is 0 Å². The van der Waals surface area contributed by atoms with E-state index in [0.717, 1.165) is 17.8 Å². The zero-order valence-electron chi connectivity index (χ0n) is 11.1. The normalized spacial score (nSPS) is 14.0. The summed E-state index contributed by atoms with van der Waals surface area (Å²) in [7, 11) is 0. The zero-order valence-corrected chi connectivity index (χ0v) is 11.1. The van der Waals surface area contributed by atoms with Gasteiger partial charge in [-0.1, -0.05) is 12.1 Å². The van der Waals surface area contributed by atoms with Crippen molar-refractivity contribution in [3.05, 3.63) is 65.5 Å². The Morgan fingerprint density at radius 3 is 2.70 bits per heavy atom. The van der Waals surface area contributed by atoms with E-state index in [4.69, 9.17) is 0 Å². The first-order valence-electron chi connectivity index (χ1n) is 6.35. The van der Waals surface area contributed by atoms with Crippen molar-refractivity contribution in [2.45, 2.75) is 19.1 Å². The second kappa shape index (κ2) is 6.54. The summed E-state index contributed by atoms with van der Waals surface area (Å²) in [5, 5.41) is 13.0. The third kappa shape index (κ3) is 3.59. The van der Waals surface area contributed by atoms with Gasteiger partial charge in [0.25, 0.3) is 0 Å². The lowest BCUT2D eigenvalue weighted by atomic mass is 10.1. The standard InChI is InChI=1S/C15H16F2N2O/c1-10(14-4-2-3-7-18-14)19-9-15(20)12-6-5-11(16)8-13(12)17/h2-8,10,15,19-20H,9H2,1H3/t10-,15?/m1/s1. The molecule has 5 heteroatoms. The fourth-order valence-corrected chi connectivity index (χ4v) is 1.91. The van der Waals surface area contributed by atoms with Crippen LogP contribution in [0.3, 0.4) is 0 Å². The third-order valence-corrected chi connectivity index (χ3v) is 3.07. The van der Waals surface area contributed by atoms with Crippen LogP contribution >= 0.6 is 0 Å². The number of hydrogen-bond acceptors (Lipinski definition) is 3. The van der Waals surface area contributed by atoms with E-state index in [2.05, 4.69) is 10.3 Å². The van der Waals surface area contributed by atoms with Crippen molar-refractivity contribution in [3.63, 3.8) is 0 Å². The summed E-state index contributed by atoms with van der Waals surface area (Å²) < 4.78 is 26.3. The summed E-state index contributed by atoms with van der Waals surface area (Å²) >= 11 is 0. The predicted molar refractivity (Wildman–Crippen MR) is 72.0 cm³/mol. The minimum absolute atomic E-state index is 0.0747. The van der Waals surface area contributed by atoms with Crippen molar-refractivity contribution in [1.82, 2.24) is 10.3 Å². The molecule has 0 aliphatic carbocycles. The van der Waals surface area contributed by atoms with Gasteiger partial charge in [0.1, 0.15) is 11.6 Å². The lowest BCUT2D eigenvalue weighted by Gasteiger charge is -2.17. The highest BCUT2D eigenvalue weighted by molar-refractivity contribution is 5.21. The third-order valence-electron chi connectivity index (χ3n) is 3.07. The van der Waals surface area contributed by atoms with Gasteiger partial charge < -0.3 is 10.4 Å². The maximum absolute atomic E-state index is 13.5. The van der Waals surface area contributed by atoms with E-state index in [-0.39, 0.29) is 18.2 Å². The van der Waals surface area contributed by atoms with E-state index < -0.39 is 17.7 Å². The minimum Gasteiger partial charge on any atom is -0.387 e. The van der Waals surface area contributed by atoms with Crippen LogP contribution in [-0.2, 0) is 0 Å². The maximum atomic E-state index is 13.5. The second-order valence-corrected chi connectivity index (χ2v) is 4.57. The molecule has 1 unspecified atom stereocenters. The fourth-order valence-electron chi connectivity index (χ4n) is 1.91. The average molecular weight is 278 g/mol. The number of hydrogen-bond donors (Lipinski definition) is 2. The topological polar surface area (TPSA) is 45.1 Å². The first-order chi connectivity index (χ1) is 9.58. The molecule has 106 valence electrons. The van der Waals surface area contributed by atoms with Gasteiger partial charge in [-0.15, -0.1) is 0 Å². The number of pyridine rings is 1. The highest BCUT2D eigenvalue weighted by Crippen LogP contribution is 2.18. The van der Waals surface area contributed by atoms with Crippen LogP contribution in [0.5, 0.6) is 0 Å². The summed E-state index contributed by atoms with van der Waals surface area (Å²) in [4.78, 5) is 4.19. The summed E-state index contributed by atoms with van der Waals surface area (Å²) in [6.45, 7) is 2.05. The van der Waals surface area contributed by atoms with Crippen LogP contribution in [0, 0.1) is 11.6 Å². The molecule has 0 amide bonds. The molecule has 2 rings (SSSR count). The Kier molecular flexibility index (Phi) is 4.76. The largest absolute Gasteiger partial charge is 0.387 e. The van der Waals surface area contributed by atoms with Gasteiger partial charge in [0.15, 0.2) is 0 Å². The predicted octanol–water partition coefficient (Wildman–Crippen LogP) is 2.74. The Bertz CT molecular complexity index is 563. The molecule has 3 nitrogen and oxygen atoms in total. The summed E-state index contributed by atoms with van der Waals surface area (Å²) in [6.07, 6.45) is 0.644. The second-order valence-electron chi connectivity index (χ2n) is 4.57. The molecule has 0 spiro atoms. The Morgan fingerprint density at radius 1 is 1.25 bits per heavy atom. The lowest BCUT2D eigenvalue weighted by Crippen LogP contribution is -2.25. The van der Waals surface area contributed by atoms with Crippen LogP contribution < -0.4 is 5.32 Å². The summed E-state index contributed by atoms with van der Waals surface area (Å²) in [6, 6.07) is 8.62. The van der Waals surface area contributed by atoms with Gasteiger partial charge in [-0.25, -0.2) is 8.78 Å². The number of aromatic nitrogens is 1. The van der Waals surface area contributed by atoms with Crippen LogP contribution in [0.1, 0.15) is 30.3 Å². The van der Waals surface area contributed by atoms with Crippen LogP contribution in [-0.4, -0.2) is 16.6 Å². The Labute approximate surface area is 116 Å². The maximum Gasteiger partial charge on any atom is 0.131 e. The summed E-state index contributed by atoms with van der Waals surface area (Å²) in [5.74, 6) is -1.40. The molecule has 0 saturated carbocycles. The molecular formula is C15H16F2N2O. The van der Waals surface area contributed by atoms with Gasteiger partial charge in [-0.05, 0) is 25.1 Å². The van der Waals surface area contributed by atoms with Gasteiger partial charge in [0.05, 0.1) is 11.8 Å². The Morgan fingerprint density at radius 2 is 2.05 bits per heavy atom. The van der Waals surface area contributed by atoms with E-state index in [9.17, 15) is 13.9 Å². The molecule has 1 heterocycles. The Balaban J connectivity index is 1.96. The zero-order chi connectivity index (χ0) is 14.5. The van der Waals surface area contributed by atoms with Crippen molar-refractivity contribution in [2.24, 2.45) is 0 Å². The molecular weight excluding hydrogens is 262 g/mol. The molecule has 0 saturated heterocycles. The number of benzene rings is 1. The van der Waals surface area contributed by atoms with E-state index in [0.29, 0.717) is 0 Å². The Hall–Kier alpha value is -1.85. The van der Waals surface area contributed by atoms with Gasteiger partial charge in [0, 0.05) is 30.4 Å². The van der Waals surface area contributed by atoms with E-state index >= 15 is 0 Å². The molecule has 0 fully saturated rings. The number of nitrogens with zero attached hydrogens (tertiary/aromatic N) is 1. The molecule has 0 aliphatic heterocycles. The van der Waals surface area contributed by atoms with Crippen molar-refractivity contribution in [2.75, 3.05) is 6.54 Å². The van der Waals surface area contributed by atoms with Crippen molar-refractivity contribution in [1.29, 1.82) is 0 Å². The molecule has 2 atom stereocenters. The van der Waals surface area contributed by atoms with Gasteiger partial charge in [-0.3, -0.25) is 4.98 Å². The van der Waals surface area contributed by atoms with Crippen molar-refractivity contribution >= 4 is 0 Å². The SMILES string of the molecule is C[C@@H](NCC(O)c1ccc(F)cc1F)c1ccccn1. The smallest absolute Gasteiger partial charge is 0.131 e. The monoisotopic (exact) mass is 278 g/mol. The minimum atomic E-state index is -1.04. The van der Waals surface area contributed by atoms with Crippen molar-refractivity contribution < 1.29 is 13.9 Å². The highest BCUT2D eigenvalue weighted by atomic mass is 19.1. The number of nitrogens with one attached hydrogen (secondary N) is 1. The summed E-state index contributed by atoms with van der Waals surface area (Å²) in [5.41, 5.74) is 0.909. The number of rotatable bonds is 5. The molecule has 0 aliphatic rings. The van der Waals surface area contributed by atoms with E-state index in [1.807, 2.05) is 25.1 Å². The highest BCUT2D eigenvalue weighted by Gasteiger charge is 2.15. The first-order valence-corrected chi connectivity index (χ1v) is 6.35. The van der Waals surface area contributed by atoms with Crippen LogP contribution in [0.15, 0.2) is 42.6 Å². The van der Waals surface area contributed by atoms with Crippen LogP contribution in [0.4, 0.5) is 8.78 Å². The lowest BCUT2D eigenvalue weighted by molar-refractivity contribution is 0.166. The molecule has 20 heavy (non-hydrogen) atoms. The van der Waals surface area contributed by atoms with Gasteiger partial charge >= 0.3 is 0 Å². The van der Waals surface area contributed by atoms with Crippen molar-refractivity contribution in [3.8, 4) is 0 Å². The van der Waals surface area contributed by atoms with Gasteiger partial charge in [0.2, 0.25) is 0 Å². The van der Waals surface area contributed by atoms with Crippen LogP contribution in [0.2, 0.25) is 0 Å². The molecule has 2 N–H and O–H groups in total. The quantitative estimate of drug-likeness (QED) is 0.884. The molecule has 0 radical (unpaired) electrons.